The average molecular weight is 388 g/mol. The van der Waals surface area contributed by atoms with Crippen LogP contribution in [0.5, 0.6) is 17.2 Å². The van der Waals surface area contributed by atoms with Crippen molar-refractivity contribution in [2.24, 2.45) is 5.41 Å². The molecular weight excluding hydrogens is 370 g/mol. The molecule has 7 heteroatoms. The van der Waals surface area contributed by atoms with Gasteiger partial charge in [0.2, 0.25) is 5.78 Å². The molecule has 1 aliphatic heterocycles. The first-order valence-corrected chi connectivity index (χ1v) is 8.49. The highest BCUT2D eigenvalue weighted by Gasteiger charge is 2.29. The SMILES string of the molecule is CC(C)(C)C(=O)Oc1ccc2c(c1)O/C(=C\c1ccccc1OC(F)F)C2=O. The largest absolute Gasteiger partial charge is 0.452 e. The molecule has 0 unspecified atom stereocenters. The van der Waals surface area contributed by atoms with Crippen LogP contribution in [0.2, 0.25) is 0 Å². The summed E-state index contributed by atoms with van der Waals surface area (Å²) in [4.78, 5) is 24.6. The summed E-state index contributed by atoms with van der Waals surface area (Å²) in [5, 5.41) is 0. The molecular formula is C21H18F2O5. The second-order valence-electron chi connectivity index (χ2n) is 7.15. The third-order valence-corrected chi connectivity index (χ3v) is 3.89. The Kier molecular flexibility index (Phi) is 5.18. The van der Waals surface area contributed by atoms with E-state index < -0.39 is 23.8 Å². The van der Waals surface area contributed by atoms with E-state index in [0.29, 0.717) is 0 Å². The van der Waals surface area contributed by atoms with Crippen molar-refractivity contribution < 1.29 is 32.6 Å². The predicted molar refractivity (Wildman–Crippen MR) is 97.5 cm³/mol. The number of hydrogen-bond acceptors (Lipinski definition) is 5. The molecule has 0 bridgehead atoms. The molecule has 0 amide bonds. The first kappa shape index (κ1) is 19.5. The molecule has 0 atom stereocenters. The highest BCUT2D eigenvalue weighted by molar-refractivity contribution is 6.14. The molecule has 0 spiro atoms. The van der Waals surface area contributed by atoms with Crippen molar-refractivity contribution in [3.8, 4) is 17.2 Å². The van der Waals surface area contributed by atoms with Gasteiger partial charge < -0.3 is 14.2 Å². The van der Waals surface area contributed by atoms with Crippen LogP contribution >= 0.6 is 0 Å². The summed E-state index contributed by atoms with van der Waals surface area (Å²) < 4.78 is 40.4. The number of hydrogen-bond donors (Lipinski definition) is 0. The van der Waals surface area contributed by atoms with Crippen molar-refractivity contribution in [3.05, 3.63) is 59.4 Å². The molecule has 0 aromatic heterocycles. The van der Waals surface area contributed by atoms with Crippen molar-refractivity contribution >= 4 is 17.8 Å². The molecule has 0 aliphatic carbocycles. The van der Waals surface area contributed by atoms with Crippen molar-refractivity contribution in [3.63, 3.8) is 0 Å². The Morgan fingerprint density at radius 3 is 2.54 bits per heavy atom. The van der Waals surface area contributed by atoms with Crippen LogP contribution in [0.25, 0.3) is 6.08 Å². The number of ketones is 1. The minimum atomic E-state index is -2.99. The van der Waals surface area contributed by atoms with E-state index in [-0.39, 0.29) is 34.1 Å². The fraction of sp³-hybridized carbons (Fsp3) is 0.238. The van der Waals surface area contributed by atoms with E-state index in [2.05, 4.69) is 4.74 Å². The van der Waals surface area contributed by atoms with E-state index in [1.54, 1.807) is 32.9 Å². The Balaban J connectivity index is 1.86. The van der Waals surface area contributed by atoms with Crippen LogP contribution < -0.4 is 14.2 Å². The van der Waals surface area contributed by atoms with Gasteiger partial charge in [0, 0.05) is 11.6 Å². The maximum atomic E-state index is 12.6. The van der Waals surface area contributed by atoms with Crippen molar-refractivity contribution in [1.82, 2.24) is 0 Å². The molecule has 0 radical (unpaired) electrons. The molecule has 2 aromatic carbocycles. The number of halogens is 2. The van der Waals surface area contributed by atoms with Crippen LogP contribution in [-0.4, -0.2) is 18.4 Å². The number of carbonyl (C=O) groups is 2. The molecule has 3 rings (SSSR count). The lowest BCUT2D eigenvalue weighted by atomic mass is 9.97. The highest BCUT2D eigenvalue weighted by Crippen LogP contribution is 2.36. The summed E-state index contributed by atoms with van der Waals surface area (Å²) in [6.45, 7) is 2.19. The number of benzene rings is 2. The number of alkyl halides is 2. The topological polar surface area (TPSA) is 61.8 Å². The Morgan fingerprint density at radius 1 is 1.14 bits per heavy atom. The molecule has 1 aliphatic rings. The first-order chi connectivity index (χ1) is 13.1. The van der Waals surface area contributed by atoms with E-state index in [1.807, 2.05) is 0 Å². The quantitative estimate of drug-likeness (QED) is 0.425. The van der Waals surface area contributed by atoms with Gasteiger partial charge in [-0.3, -0.25) is 9.59 Å². The number of carbonyl (C=O) groups excluding carboxylic acids is 2. The zero-order valence-electron chi connectivity index (χ0n) is 15.5. The summed E-state index contributed by atoms with van der Waals surface area (Å²) in [7, 11) is 0. The summed E-state index contributed by atoms with van der Waals surface area (Å²) in [6, 6.07) is 10.5. The lowest BCUT2D eigenvalue weighted by molar-refractivity contribution is -0.143. The second kappa shape index (κ2) is 7.42. The molecule has 1 heterocycles. The minimum Gasteiger partial charge on any atom is -0.452 e. The van der Waals surface area contributed by atoms with E-state index in [4.69, 9.17) is 9.47 Å². The Morgan fingerprint density at radius 2 is 1.86 bits per heavy atom. The van der Waals surface area contributed by atoms with Crippen molar-refractivity contribution in [2.75, 3.05) is 0 Å². The van der Waals surface area contributed by atoms with Crippen LogP contribution in [0.4, 0.5) is 8.78 Å². The first-order valence-electron chi connectivity index (χ1n) is 8.49. The lowest BCUT2D eigenvalue weighted by Gasteiger charge is -2.16. The summed E-state index contributed by atoms with van der Waals surface area (Å²) >= 11 is 0. The van der Waals surface area contributed by atoms with Gasteiger partial charge in [-0.15, -0.1) is 0 Å². The monoisotopic (exact) mass is 388 g/mol. The number of fused-ring (bicyclic) bond motifs is 1. The number of Topliss-reactive ketones (excluding diaryl/α,β-unsaturated/α-hetero) is 1. The smallest absolute Gasteiger partial charge is 0.387 e. The Bertz CT molecular complexity index is 958. The second-order valence-corrected chi connectivity index (χ2v) is 7.15. The number of para-hydroxylation sites is 1. The maximum absolute atomic E-state index is 12.6. The number of ether oxygens (including phenoxy) is 3. The summed E-state index contributed by atoms with van der Waals surface area (Å²) in [5.74, 6) is -0.477. The van der Waals surface area contributed by atoms with Gasteiger partial charge in [0.1, 0.15) is 17.2 Å². The number of allylic oxidation sites excluding steroid dienone is 1. The van der Waals surface area contributed by atoms with E-state index in [9.17, 15) is 18.4 Å². The zero-order valence-corrected chi connectivity index (χ0v) is 15.5. The van der Waals surface area contributed by atoms with Gasteiger partial charge in [-0.2, -0.15) is 8.78 Å². The summed E-state index contributed by atoms with van der Waals surface area (Å²) in [6.07, 6.45) is 1.33. The normalized spacial score (nSPS) is 14.8. The third-order valence-electron chi connectivity index (χ3n) is 3.89. The van der Waals surface area contributed by atoms with Gasteiger partial charge in [-0.1, -0.05) is 18.2 Å². The van der Waals surface area contributed by atoms with Gasteiger partial charge in [0.05, 0.1) is 11.0 Å². The van der Waals surface area contributed by atoms with Gasteiger partial charge in [-0.25, -0.2) is 0 Å². The molecule has 28 heavy (non-hydrogen) atoms. The molecule has 0 N–H and O–H groups in total. The fourth-order valence-corrected chi connectivity index (χ4v) is 2.44. The molecule has 5 nitrogen and oxygen atoms in total. The Labute approximate surface area is 160 Å². The van der Waals surface area contributed by atoms with Crippen molar-refractivity contribution in [1.29, 1.82) is 0 Å². The van der Waals surface area contributed by atoms with Crippen molar-refractivity contribution in [2.45, 2.75) is 27.4 Å². The van der Waals surface area contributed by atoms with Gasteiger partial charge in [0.15, 0.2) is 5.76 Å². The van der Waals surface area contributed by atoms with E-state index in [1.165, 1.54) is 36.4 Å². The van der Waals surface area contributed by atoms with E-state index in [0.717, 1.165) is 0 Å². The van der Waals surface area contributed by atoms with Crippen LogP contribution in [0.1, 0.15) is 36.7 Å². The molecule has 0 saturated heterocycles. The number of esters is 1. The standard InChI is InChI=1S/C21H18F2O5/c1-21(2,3)19(25)26-13-8-9-14-16(11-13)27-17(18(14)24)10-12-6-4-5-7-15(12)28-20(22)23/h4-11,20H,1-3H3/b17-10-. The van der Waals surface area contributed by atoms with Crippen LogP contribution in [0.3, 0.4) is 0 Å². The van der Waals surface area contributed by atoms with Crippen LogP contribution in [0.15, 0.2) is 48.2 Å². The third kappa shape index (κ3) is 4.19. The van der Waals surface area contributed by atoms with E-state index >= 15 is 0 Å². The van der Waals surface area contributed by atoms with Crippen LogP contribution in [-0.2, 0) is 4.79 Å². The molecule has 146 valence electrons. The van der Waals surface area contributed by atoms with Gasteiger partial charge >= 0.3 is 12.6 Å². The molecule has 0 fully saturated rings. The predicted octanol–water partition coefficient (Wildman–Crippen LogP) is 4.86. The average Bonchev–Trinajstić information content (AvgIpc) is 2.91. The van der Waals surface area contributed by atoms with Gasteiger partial charge in [0.25, 0.3) is 0 Å². The zero-order chi connectivity index (χ0) is 20.5. The maximum Gasteiger partial charge on any atom is 0.387 e. The lowest BCUT2D eigenvalue weighted by Crippen LogP contribution is -2.25. The number of rotatable bonds is 4. The van der Waals surface area contributed by atoms with Crippen LogP contribution in [0, 0.1) is 5.41 Å². The molecule has 0 saturated carbocycles. The highest BCUT2D eigenvalue weighted by atomic mass is 19.3. The summed E-state index contributed by atoms with van der Waals surface area (Å²) in [5.41, 5.74) is -0.123. The minimum absolute atomic E-state index is 0.0420. The fourth-order valence-electron chi connectivity index (χ4n) is 2.44. The Hall–Kier alpha value is -3.22. The van der Waals surface area contributed by atoms with Gasteiger partial charge in [-0.05, 0) is 45.0 Å². The molecule has 2 aromatic rings.